The molecule has 88 valence electrons. The van der Waals surface area contributed by atoms with Crippen LogP contribution in [-0.4, -0.2) is 31.7 Å². The Hall–Kier alpha value is -0.670. The number of thioether (sulfide) groups is 1. The first-order valence-electron chi connectivity index (χ1n) is 5.72. The van der Waals surface area contributed by atoms with Crippen LogP contribution in [0.2, 0.25) is 0 Å². The van der Waals surface area contributed by atoms with Gasteiger partial charge in [-0.05, 0) is 36.8 Å². The molecule has 1 saturated heterocycles. The van der Waals surface area contributed by atoms with Gasteiger partial charge < -0.3 is 10.1 Å². The van der Waals surface area contributed by atoms with Gasteiger partial charge in [-0.3, -0.25) is 0 Å². The Morgan fingerprint density at radius 1 is 1.38 bits per heavy atom. The fraction of sp³-hybridized carbons (Fsp3) is 0.538. The number of methoxy groups -OCH3 is 1. The zero-order chi connectivity index (χ0) is 11.4. The van der Waals surface area contributed by atoms with Gasteiger partial charge in [-0.25, -0.2) is 0 Å². The molecule has 3 heteroatoms. The highest BCUT2D eigenvalue weighted by Gasteiger charge is 2.27. The van der Waals surface area contributed by atoms with Crippen LogP contribution in [0.15, 0.2) is 24.3 Å². The van der Waals surface area contributed by atoms with Crippen molar-refractivity contribution in [3.05, 3.63) is 29.8 Å². The van der Waals surface area contributed by atoms with Crippen molar-refractivity contribution in [1.29, 1.82) is 0 Å². The van der Waals surface area contributed by atoms with Gasteiger partial charge in [0.15, 0.2) is 0 Å². The summed E-state index contributed by atoms with van der Waals surface area (Å²) in [6.07, 6.45) is 1.11. The van der Waals surface area contributed by atoms with Crippen LogP contribution in [0.4, 0.5) is 0 Å². The molecule has 0 saturated carbocycles. The zero-order valence-corrected chi connectivity index (χ0v) is 10.7. The Morgan fingerprint density at radius 3 is 2.94 bits per heavy atom. The van der Waals surface area contributed by atoms with E-state index in [2.05, 4.69) is 24.5 Å². The maximum absolute atomic E-state index is 5.40. The first-order valence-corrected chi connectivity index (χ1v) is 6.87. The SMILES string of the molecule is CNC1CSCC1Cc1ccccc1OC. The van der Waals surface area contributed by atoms with E-state index in [-0.39, 0.29) is 0 Å². The van der Waals surface area contributed by atoms with Crippen molar-refractivity contribution in [1.82, 2.24) is 5.32 Å². The van der Waals surface area contributed by atoms with Crippen LogP contribution >= 0.6 is 11.8 Å². The summed E-state index contributed by atoms with van der Waals surface area (Å²) in [5.41, 5.74) is 1.33. The Kier molecular flexibility index (Phi) is 4.13. The average molecular weight is 237 g/mol. The number of para-hydroxylation sites is 1. The summed E-state index contributed by atoms with van der Waals surface area (Å²) < 4.78 is 5.40. The summed E-state index contributed by atoms with van der Waals surface area (Å²) in [6, 6.07) is 8.99. The summed E-state index contributed by atoms with van der Waals surface area (Å²) in [7, 11) is 3.81. The standard InChI is InChI=1S/C13H19NOS/c1-14-12-9-16-8-11(12)7-10-5-3-4-6-13(10)15-2/h3-6,11-12,14H,7-9H2,1-2H3. The number of benzene rings is 1. The third kappa shape index (κ3) is 2.53. The molecule has 0 bridgehead atoms. The highest BCUT2D eigenvalue weighted by molar-refractivity contribution is 7.99. The summed E-state index contributed by atoms with van der Waals surface area (Å²) in [5.74, 6) is 4.24. The molecular weight excluding hydrogens is 218 g/mol. The van der Waals surface area contributed by atoms with Gasteiger partial charge in [0.1, 0.15) is 5.75 Å². The van der Waals surface area contributed by atoms with E-state index >= 15 is 0 Å². The monoisotopic (exact) mass is 237 g/mol. The van der Waals surface area contributed by atoms with Gasteiger partial charge in [0.2, 0.25) is 0 Å². The number of ether oxygens (including phenoxy) is 1. The second kappa shape index (κ2) is 5.60. The molecule has 1 aromatic carbocycles. The maximum atomic E-state index is 5.40. The molecule has 16 heavy (non-hydrogen) atoms. The molecule has 0 aromatic heterocycles. The second-order valence-corrected chi connectivity index (χ2v) is 5.28. The van der Waals surface area contributed by atoms with Gasteiger partial charge in [-0.1, -0.05) is 18.2 Å². The minimum Gasteiger partial charge on any atom is -0.496 e. The van der Waals surface area contributed by atoms with E-state index in [1.54, 1.807) is 7.11 Å². The lowest BCUT2D eigenvalue weighted by Crippen LogP contribution is -2.33. The normalized spacial score (nSPS) is 24.6. The van der Waals surface area contributed by atoms with E-state index in [0.717, 1.165) is 18.1 Å². The molecule has 0 aliphatic carbocycles. The van der Waals surface area contributed by atoms with Crippen LogP contribution in [0, 0.1) is 5.92 Å². The van der Waals surface area contributed by atoms with E-state index in [4.69, 9.17) is 4.74 Å². The molecular formula is C13H19NOS. The molecule has 1 aliphatic heterocycles. The van der Waals surface area contributed by atoms with Crippen molar-refractivity contribution in [2.24, 2.45) is 5.92 Å². The molecule has 0 spiro atoms. The van der Waals surface area contributed by atoms with Crippen LogP contribution in [-0.2, 0) is 6.42 Å². The van der Waals surface area contributed by atoms with E-state index in [0.29, 0.717) is 6.04 Å². The van der Waals surface area contributed by atoms with Crippen LogP contribution in [0.25, 0.3) is 0 Å². The molecule has 1 fully saturated rings. The zero-order valence-electron chi connectivity index (χ0n) is 9.90. The molecule has 1 aliphatic rings. The largest absolute Gasteiger partial charge is 0.496 e. The van der Waals surface area contributed by atoms with Gasteiger partial charge in [0.05, 0.1) is 7.11 Å². The fourth-order valence-corrected chi connectivity index (χ4v) is 3.75. The van der Waals surface area contributed by atoms with Gasteiger partial charge >= 0.3 is 0 Å². The summed E-state index contributed by atoms with van der Waals surface area (Å²) >= 11 is 2.04. The van der Waals surface area contributed by atoms with Crippen LogP contribution in [0.1, 0.15) is 5.56 Å². The molecule has 1 heterocycles. The Bertz CT molecular complexity index is 342. The molecule has 1 aromatic rings. The van der Waals surface area contributed by atoms with Gasteiger partial charge in [-0.2, -0.15) is 11.8 Å². The average Bonchev–Trinajstić information content (AvgIpc) is 2.77. The number of hydrogen-bond acceptors (Lipinski definition) is 3. The highest BCUT2D eigenvalue weighted by Crippen LogP contribution is 2.30. The summed E-state index contributed by atoms with van der Waals surface area (Å²) in [5, 5.41) is 3.41. The van der Waals surface area contributed by atoms with Crippen molar-refractivity contribution in [2.45, 2.75) is 12.5 Å². The van der Waals surface area contributed by atoms with Crippen LogP contribution in [0.5, 0.6) is 5.75 Å². The lowest BCUT2D eigenvalue weighted by atomic mass is 9.94. The summed E-state index contributed by atoms with van der Waals surface area (Å²) in [4.78, 5) is 0. The molecule has 0 amide bonds. The van der Waals surface area contributed by atoms with Crippen molar-refractivity contribution in [3.8, 4) is 5.75 Å². The van der Waals surface area contributed by atoms with Gasteiger partial charge in [-0.15, -0.1) is 0 Å². The first-order chi connectivity index (χ1) is 7.85. The molecule has 1 N–H and O–H groups in total. The Balaban J connectivity index is 2.08. The van der Waals surface area contributed by atoms with E-state index in [1.807, 2.05) is 23.9 Å². The Labute approximate surface area is 102 Å². The molecule has 2 rings (SSSR count). The fourth-order valence-electron chi connectivity index (χ4n) is 2.27. The van der Waals surface area contributed by atoms with Crippen molar-refractivity contribution < 1.29 is 4.74 Å². The van der Waals surface area contributed by atoms with E-state index in [1.165, 1.54) is 17.1 Å². The van der Waals surface area contributed by atoms with Crippen LogP contribution in [0.3, 0.4) is 0 Å². The predicted octanol–water partition coefficient (Wildman–Crippen LogP) is 2.19. The van der Waals surface area contributed by atoms with Gasteiger partial charge in [0, 0.05) is 11.8 Å². The Morgan fingerprint density at radius 2 is 2.19 bits per heavy atom. The molecule has 0 radical (unpaired) electrons. The quantitative estimate of drug-likeness (QED) is 0.867. The van der Waals surface area contributed by atoms with Crippen molar-refractivity contribution in [3.63, 3.8) is 0 Å². The van der Waals surface area contributed by atoms with Crippen LogP contribution < -0.4 is 10.1 Å². The highest BCUT2D eigenvalue weighted by atomic mass is 32.2. The maximum Gasteiger partial charge on any atom is 0.122 e. The third-order valence-electron chi connectivity index (χ3n) is 3.24. The number of hydrogen-bond donors (Lipinski definition) is 1. The molecule has 2 nitrogen and oxygen atoms in total. The number of nitrogens with one attached hydrogen (secondary N) is 1. The minimum atomic E-state index is 0.648. The molecule has 2 atom stereocenters. The van der Waals surface area contributed by atoms with E-state index in [9.17, 15) is 0 Å². The van der Waals surface area contributed by atoms with Crippen molar-refractivity contribution in [2.75, 3.05) is 25.7 Å². The third-order valence-corrected chi connectivity index (χ3v) is 4.50. The lowest BCUT2D eigenvalue weighted by molar-refractivity contribution is 0.398. The van der Waals surface area contributed by atoms with Gasteiger partial charge in [0.25, 0.3) is 0 Å². The second-order valence-electron chi connectivity index (χ2n) is 4.21. The predicted molar refractivity (Wildman–Crippen MR) is 70.4 cm³/mol. The minimum absolute atomic E-state index is 0.648. The smallest absolute Gasteiger partial charge is 0.122 e. The molecule has 2 unspecified atom stereocenters. The number of rotatable bonds is 4. The summed E-state index contributed by atoms with van der Waals surface area (Å²) in [6.45, 7) is 0. The topological polar surface area (TPSA) is 21.3 Å². The lowest BCUT2D eigenvalue weighted by Gasteiger charge is -2.19. The van der Waals surface area contributed by atoms with Crippen molar-refractivity contribution >= 4 is 11.8 Å². The first kappa shape index (κ1) is 11.8. The van der Waals surface area contributed by atoms with E-state index < -0.39 is 0 Å².